The van der Waals surface area contributed by atoms with E-state index in [4.69, 9.17) is 4.98 Å². The van der Waals surface area contributed by atoms with Crippen molar-refractivity contribution < 1.29 is 0 Å². The van der Waals surface area contributed by atoms with Crippen LogP contribution in [0.15, 0.2) is 5.38 Å². The van der Waals surface area contributed by atoms with Crippen LogP contribution in [0.3, 0.4) is 0 Å². The lowest BCUT2D eigenvalue weighted by atomic mass is 10.1. The Bertz CT molecular complexity index is 289. The van der Waals surface area contributed by atoms with Gasteiger partial charge >= 0.3 is 0 Å². The average molecular weight is 210 g/mol. The van der Waals surface area contributed by atoms with E-state index in [1.165, 1.54) is 30.0 Å². The summed E-state index contributed by atoms with van der Waals surface area (Å²) in [5.41, 5.74) is 1.27. The van der Waals surface area contributed by atoms with Crippen LogP contribution in [0.1, 0.15) is 55.8 Å². The summed E-state index contributed by atoms with van der Waals surface area (Å²) in [6.45, 7) is 5.63. The Labute approximate surface area is 89.8 Å². The topological polar surface area (TPSA) is 24.9 Å². The van der Waals surface area contributed by atoms with Gasteiger partial charge in [-0.25, -0.2) is 4.98 Å². The molecule has 14 heavy (non-hydrogen) atoms. The van der Waals surface area contributed by atoms with Gasteiger partial charge in [0.25, 0.3) is 0 Å². The molecule has 1 saturated heterocycles. The van der Waals surface area contributed by atoms with Crippen molar-refractivity contribution in [2.45, 2.75) is 45.1 Å². The molecule has 1 aliphatic heterocycles. The highest BCUT2D eigenvalue weighted by Gasteiger charge is 2.19. The maximum atomic E-state index is 4.72. The smallest absolute Gasteiger partial charge is 0.0957 e. The van der Waals surface area contributed by atoms with Crippen LogP contribution in [0.2, 0.25) is 0 Å². The zero-order chi connectivity index (χ0) is 9.97. The number of thiazole rings is 1. The Kier molecular flexibility index (Phi) is 3.19. The SMILES string of the molecule is CCC(C)c1nc([C@@H]2CCCN2)cs1. The fourth-order valence-corrected chi connectivity index (χ4v) is 2.81. The molecule has 1 aromatic heterocycles. The molecular weight excluding hydrogens is 192 g/mol. The number of rotatable bonds is 3. The molecule has 1 aliphatic rings. The highest BCUT2D eigenvalue weighted by Crippen LogP contribution is 2.28. The summed E-state index contributed by atoms with van der Waals surface area (Å²) in [5, 5.41) is 7.02. The van der Waals surface area contributed by atoms with Crippen molar-refractivity contribution in [3.8, 4) is 0 Å². The first kappa shape index (κ1) is 10.1. The molecule has 0 aliphatic carbocycles. The van der Waals surface area contributed by atoms with Crippen molar-refractivity contribution in [3.05, 3.63) is 16.1 Å². The van der Waals surface area contributed by atoms with Crippen LogP contribution in [0.25, 0.3) is 0 Å². The minimum absolute atomic E-state index is 0.532. The molecule has 0 amide bonds. The molecular formula is C11H18N2S. The van der Waals surface area contributed by atoms with Gasteiger partial charge < -0.3 is 5.32 Å². The van der Waals surface area contributed by atoms with Gasteiger partial charge in [0, 0.05) is 11.3 Å². The molecule has 2 rings (SSSR count). The van der Waals surface area contributed by atoms with E-state index < -0.39 is 0 Å². The lowest BCUT2D eigenvalue weighted by molar-refractivity contribution is 0.623. The van der Waals surface area contributed by atoms with Gasteiger partial charge in [-0.3, -0.25) is 0 Å². The van der Waals surface area contributed by atoms with Crippen molar-refractivity contribution in [1.29, 1.82) is 0 Å². The number of hydrogen-bond donors (Lipinski definition) is 1. The summed E-state index contributed by atoms with van der Waals surface area (Å²) < 4.78 is 0. The summed E-state index contributed by atoms with van der Waals surface area (Å²) in [4.78, 5) is 4.72. The number of nitrogens with one attached hydrogen (secondary N) is 1. The van der Waals surface area contributed by atoms with Crippen LogP contribution in [-0.4, -0.2) is 11.5 Å². The van der Waals surface area contributed by atoms with Gasteiger partial charge in [-0.15, -0.1) is 11.3 Å². The predicted molar refractivity (Wildman–Crippen MR) is 60.8 cm³/mol. The minimum Gasteiger partial charge on any atom is -0.309 e. The van der Waals surface area contributed by atoms with E-state index in [1.807, 2.05) is 11.3 Å². The summed E-state index contributed by atoms with van der Waals surface area (Å²) >= 11 is 1.82. The third kappa shape index (κ3) is 1.98. The van der Waals surface area contributed by atoms with Gasteiger partial charge in [0.2, 0.25) is 0 Å². The molecule has 0 saturated carbocycles. The molecule has 1 N–H and O–H groups in total. The second-order valence-corrected chi connectivity index (χ2v) is 4.96. The van der Waals surface area contributed by atoms with Gasteiger partial charge in [-0.1, -0.05) is 13.8 Å². The Morgan fingerprint density at radius 2 is 2.57 bits per heavy atom. The zero-order valence-corrected chi connectivity index (χ0v) is 9.73. The zero-order valence-electron chi connectivity index (χ0n) is 8.92. The van der Waals surface area contributed by atoms with Crippen molar-refractivity contribution in [2.75, 3.05) is 6.54 Å². The highest BCUT2D eigenvalue weighted by molar-refractivity contribution is 7.09. The van der Waals surface area contributed by atoms with Crippen LogP contribution < -0.4 is 5.32 Å². The molecule has 78 valence electrons. The van der Waals surface area contributed by atoms with Crippen LogP contribution in [0.5, 0.6) is 0 Å². The predicted octanol–water partition coefficient (Wildman–Crippen LogP) is 3.08. The molecule has 1 unspecified atom stereocenters. The second kappa shape index (κ2) is 4.41. The first-order valence-corrected chi connectivity index (χ1v) is 6.38. The largest absolute Gasteiger partial charge is 0.309 e. The average Bonchev–Trinajstić information content (AvgIpc) is 2.86. The Morgan fingerprint density at radius 3 is 3.21 bits per heavy atom. The fraction of sp³-hybridized carbons (Fsp3) is 0.727. The van der Waals surface area contributed by atoms with Gasteiger partial charge in [0.1, 0.15) is 0 Å². The molecule has 2 heterocycles. The monoisotopic (exact) mass is 210 g/mol. The van der Waals surface area contributed by atoms with Gasteiger partial charge in [-0.2, -0.15) is 0 Å². The van der Waals surface area contributed by atoms with Gasteiger partial charge in [0.05, 0.1) is 16.7 Å². The van der Waals surface area contributed by atoms with E-state index in [0.717, 1.165) is 6.54 Å². The minimum atomic E-state index is 0.532. The molecule has 0 radical (unpaired) electrons. The van der Waals surface area contributed by atoms with E-state index in [0.29, 0.717) is 12.0 Å². The molecule has 1 aromatic rings. The molecule has 3 heteroatoms. The fourth-order valence-electron chi connectivity index (χ4n) is 1.80. The van der Waals surface area contributed by atoms with Crippen LogP contribution in [0, 0.1) is 0 Å². The number of aromatic nitrogens is 1. The lowest BCUT2D eigenvalue weighted by Crippen LogP contribution is -2.13. The Morgan fingerprint density at radius 1 is 1.71 bits per heavy atom. The normalized spacial score (nSPS) is 24.0. The summed E-state index contributed by atoms with van der Waals surface area (Å²) in [6.07, 6.45) is 3.73. The molecule has 2 atom stereocenters. The Balaban J connectivity index is 2.08. The molecule has 0 spiro atoms. The third-order valence-corrected chi connectivity index (χ3v) is 4.09. The maximum Gasteiger partial charge on any atom is 0.0957 e. The van der Waals surface area contributed by atoms with Crippen LogP contribution in [-0.2, 0) is 0 Å². The standard InChI is InChI=1S/C11H18N2S/c1-3-8(2)11-13-10(7-14-11)9-5-4-6-12-9/h7-9,12H,3-6H2,1-2H3/t8?,9-/m0/s1. The first-order valence-electron chi connectivity index (χ1n) is 5.50. The van der Waals surface area contributed by atoms with E-state index in [9.17, 15) is 0 Å². The second-order valence-electron chi connectivity index (χ2n) is 4.07. The number of hydrogen-bond acceptors (Lipinski definition) is 3. The van der Waals surface area contributed by atoms with Gasteiger partial charge in [0.15, 0.2) is 0 Å². The summed E-state index contributed by atoms with van der Waals surface area (Å²) in [6, 6.07) is 0.532. The maximum absolute atomic E-state index is 4.72. The van der Waals surface area contributed by atoms with Gasteiger partial charge in [-0.05, 0) is 25.8 Å². The summed E-state index contributed by atoms with van der Waals surface area (Å²) in [5.74, 6) is 0.621. The van der Waals surface area contributed by atoms with E-state index >= 15 is 0 Å². The van der Waals surface area contributed by atoms with Crippen LogP contribution >= 0.6 is 11.3 Å². The molecule has 2 nitrogen and oxygen atoms in total. The Hall–Kier alpha value is -0.410. The lowest BCUT2D eigenvalue weighted by Gasteiger charge is -2.06. The van der Waals surface area contributed by atoms with E-state index in [1.54, 1.807) is 0 Å². The summed E-state index contributed by atoms with van der Waals surface area (Å²) in [7, 11) is 0. The molecule has 0 aromatic carbocycles. The number of nitrogens with zero attached hydrogens (tertiary/aromatic N) is 1. The van der Waals surface area contributed by atoms with Crippen molar-refractivity contribution >= 4 is 11.3 Å². The quantitative estimate of drug-likeness (QED) is 0.829. The molecule has 1 fully saturated rings. The van der Waals surface area contributed by atoms with Crippen LogP contribution in [0.4, 0.5) is 0 Å². The third-order valence-electron chi connectivity index (χ3n) is 2.99. The van der Waals surface area contributed by atoms with E-state index in [2.05, 4.69) is 24.5 Å². The molecule has 0 bridgehead atoms. The highest BCUT2D eigenvalue weighted by atomic mass is 32.1. The van der Waals surface area contributed by atoms with Crippen molar-refractivity contribution in [1.82, 2.24) is 10.3 Å². The van der Waals surface area contributed by atoms with Crippen molar-refractivity contribution in [3.63, 3.8) is 0 Å². The van der Waals surface area contributed by atoms with Crippen molar-refractivity contribution in [2.24, 2.45) is 0 Å². The first-order chi connectivity index (χ1) is 6.81. The van der Waals surface area contributed by atoms with E-state index in [-0.39, 0.29) is 0 Å².